The van der Waals surface area contributed by atoms with Crippen LogP contribution in [0.2, 0.25) is 0 Å². The van der Waals surface area contributed by atoms with Crippen molar-refractivity contribution in [3.63, 3.8) is 0 Å². The van der Waals surface area contributed by atoms with Gasteiger partial charge in [-0.2, -0.15) is 0 Å². The third kappa shape index (κ3) is 9.14. The minimum Gasteiger partial charge on any atom is -0.459 e. The van der Waals surface area contributed by atoms with Crippen LogP contribution in [0.1, 0.15) is 53.9 Å². The first-order chi connectivity index (χ1) is 17.5. The summed E-state index contributed by atoms with van der Waals surface area (Å²) in [4.78, 5) is 27.4. The molecular formula is C29H47NO7. The summed E-state index contributed by atoms with van der Waals surface area (Å²) < 4.78 is 18.1. The summed E-state index contributed by atoms with van der Waals surface area (Å²) in [5, 5.41) is 20.8. The number of ether oxygens (including phenoxy) is 3. The van der Waals surface area contributed by atoms with Crippen LogP contribution in [0.3, 0.4) is 0 Å². The Hall–Kier alpha value is -1.84. The number of allylic oxidation sites excluding steroid dienone is 3. The van der Waals surface area contributed by atoms with Gasteiger partial charge in [0.25, 0.3) is 0 Å². The lowest BCUT2D eigenvalue weighted by molar-refractivity contribution is -0.277. The summed E-state index contributed by atoms with van der Waals surface area (Å²) >= 11 is 0. The summed E-state index contributed by atoms with van der Waals surface area (Å²) in [6, 6.07) is -0.111. The Morgan fingerprint density at radius 2 is 1.76 bits per heavy atom. The van der Waals surface area contributed by atoms with E-state index in [0.717, 1.165) is 0 Å². The summed E-state index contributed by atoms with van der Waals surface area (Å²) in [5.41, 5.74) is 0. The predicted molar refractivity (Wildman–Crippen MR) is 143 cm³/mol. The van der Waals surface area contributed by atoms with E-state index in [1.807, 2.05) is 53.6 Å². The van der Waals surface area contributed by atoms with Crippen molar-refractivity contribution in [2.75, 3.05) is 20.7 Å². The SMILES string of the molecule is CCC1OC(=O)C=CC(C)C(OC2OC(C)CC(N(C)C)C2O)C(C)CC(C)C(=O)/C=C/C=C/C1CO. The third-order valence-corrected chi connectivity index (χ3v) is 7.48. The number of aliphatic hydroxyl groups is 2. The molecule has 2 rings (SSSR count). The van der Waals surface area contributed by atoms with Crippen molar-refractivity contribution >= 4 is 11.8 Å². The third-order valence-electron chi connectivity index (χ3n) is 7.48. The van der Waals surface area contributed by atoms with Gasteiger partial charge in [0.2, 0.25) is 0 Å². The molecule has 0 amide bonds. The second-order valence-corrected chi connectivity index (χ2v) is 10.9. The molecule has 0 aromatic heterocycles. The van der Waals surface area contributed by atoms with Crippen molar-refractivity contribution in [1.29, 1.82) is 0 Å². The van der Waals surface area contributed by atoms with Crippen molar-refractivity contribution in [2.24, 2.45) is 23.7 Å². The number of esters is 1. The number of ketones is 1. The molecule has 0 aromatic carbocycles. The van der Waals surface area contributed by atoms with Gasteiger partial charge in [0.15, 0.2) is 12.1 Å². The Kier molecular flexibility index (Phi) is 12.7. The van der Waals surface area contributed by atoms with Crippen molar-refractivity contribution in [3.05, 3.63) is 36.5 Å². The average Bonchev–Trinajstić information content (AvgIpc) is 2.85. The lowest BCUT2D eigenvalue weighted by Crippen LogP contribution is -2.55. The second-order valence-electron chi connectivity index (χ2n) is 10.9. The smallest absolute Gasteiger partial charge is 0.330 e. The fourth-order valence-corrected chi connectivity index (χ4v) is 5.22. The number of aliphatic hydroxyl groups excluding tert-OH is 2. The molecule has 2 aliphatic rings. The first kappa shape index (κ1) is 31.4. The number of rotatable bonds is 5. The van der Waals surface area contributed by atoms with Gasteiger partial charge in [0.1, 0.15) is 12.2 Å². The van der Waals surface area contributed by atoms with Crippen LogP contribution in [-0.4, -0.2) is 84.3 Å². The minimum atomic E-state index is -0.839. The van der Waals surface area contributed by atoms with Crippen LogP contribution in [0.15, 0.2) is 36.5 Å². The highest BCUT2D eigenvalue weighted by Gasteiger charge is 2.40. The maximum Gasteiger partial charge on any atom is 0.330 e. The summed E-state index contributed by atoms with van der Waals surface area (Å²) in [7, 11) is 3.85. The van der Waals surface area contributed by atoms with E-state index in [0.29, 0.717) is 19.3 Å². The number of carbonyl (C=O) groups excluding carboxylic acids is 2. The van der Waals surface area contributed by atoms with E-state index >= 15 is 0 Å². The van der Waals surface area contributed by atoms with E-state index < -0.39 is 30.6 Å². The van der Waals surface area contributed by atoms with Gasteiger partial charge >= 0.3 is 5.97 Å². The van der Waals surface area contributed by atoms with Crippen LogP contribution < -0.4 is 0 Å². The molecular weight excluding hydrogens is 474 g/mol. The van der Waals surface area contributed by atoms with Gasteiger partial charge in [-0.1, -0.05) is 52.0 Å². The number of likely N-dealkylation sites (N-methyl/N-ethyl adjacent to an activating group) is 1. The topological polar surface area (TPSA) is 106 Å². The zero-order valence-corrected chi connectivity index (χ0v) is 23.4. The quantitative estimate of drug-likeness (QED) is 0.531. The lowest BCUT2D eigenvalue weighted by atomic mass is 9.84. The van der Waals surface area contributed by atoms with Gasteiger partial charge in [-0.25, -0.2) is 4.79 Å². The van der Waals surface area contributed by atoms with Gasteiger partial charge in [0, 0.05) is 29.9 Å². The standard InChI is InChI=1S/C29H47NO7/c1-8-25-22(17-31)11-9-10-12-24(32)19(3)15-20(4)28(18(2)13-14-26(33)36-25)37-29-27(34)23(30(6)7)16-21(5)35-29/h9-14,18-23,25,27-29,31,34H,8,15-17H2,1-7H3/b11-9+,12-10+,14-13?. The number of cyclic esters (lactones) is 1. The van der Waals surface area contributed by atoms with Gasteiger partial charge < -0.3 is 29.3 Å². The molecule has 37 heavy (non-hydrogen) atoms. The molecule has 8 nitrogen and oxygen atoms in total. The van der Waals surface area contributed by atoms with Gasteiger partial charge in [-0.05, 0) is 52.3 Å². The molecule has 10 unspecified atom stereocenters. The Morgan fingerprint density at radius 3 is 2.38 bits per heavy atom. The maximum atomic E-state index is 12.8. The van der Waals surface area contributed by atoms with Gasteiger partial charge in [0.05, 0.1) is 18.8 Å². The van der Waals surface area contributed by atoms with Crippen LogP contribution in [0, 0.1) is 23.7 Å². The first-order valence-corrected chi connectivity index (χ1v) is 13.5. The Balaban J connectivity index is 2.35. The molecule has 8 heteroatoms. The molecule has 2 N–H and O–H groups in total. The van der Waals surface area contributed by atoms with Crippen molar-refractivity contribution in [3.8, 4) is 0 Å². The Bertz CT molecular complexity index is 823. The molecule has 0 aromatic rings. The van der Waals surface area contributed by atoms with E-state index in [1.165, 1.54) is 12.2 Å². The molecule has 210 valence electrons. The number of nitrogens with zero attached hydrogens (tertiary/aromatic N) is 1. The molecule has 0 saturated carbocycles. The molecule has 2 heterocycles. The van der Waals surface area contributed by atoms with E-state index in [9.17, 15) is 19.8 Å². The lowest BCUT2D eigenvalue weighted by Gasteiger charge is -2.43. The van der Waals surface area contributed by atoms with Crippen molar-refractivity contribution in [2.45, 2.75) is 90.6 Å². The Morgan fingerprint density at radius 1 is 1.05 bits per heavy atom. The van der Waals surface area contributed by atoms with Crippen molar-refractivity contribution < 1.29 is 34.0 Å². The molecule has 2 aliphatic heterocycles. The fourth-order valence-electron chi connectivity index (χ4n) is 5.22. The zero-order valence-electron chi connectivity index (χ0n) is 23.4. The molecule has 0 spiro atoms. The Labute approximate surface area is 222 Å². The van der Waals surface area contributed by atoms with Crippen LogP contribution >= 0.6 is 0 Å². The minimum absolute atomic E-state index is 0.000183. The van der Waals surface area contributed by atoms with E-state index in [-0.39, 0.29) is 48.2 Å². The first-order valence-electron chi connectivity index (χ1n) is 13.5. The average molecular weight is 522 g/mol. The molecule has 1 fully saturated rings. The molecule has 0 radical (unpaired) electrons. The van der Waals surface area contributed by atoms with E-state index in [1.54, 1.807) is 24.3 Å². The van der Waals surface area contributed by atoms with Crippen LogP contribution in [0.4, 0.5) is 0 Å². The molecule has 10 atom stereocenters. The normalized spacial score (nSPS) is 40.4. The van der Waals surface area contributed by atoms with Gasteiger partial charge in [-0.3, -0.25) is 4.79 Å². The van der Waals surface area contributed by atoms with Crippen LogP contribution in [-0.2, 0) is 23.8 Å². The molecule has 0 bridgehead atoms. The summed E-state index contributed by atoms with van der Waals surface area (Å²) in [6.45, 7) is 9.54. The second kappa shape index (κ2) is 14.9. The zero-order chi connectivity index (χ0) is 27.7. The van der Waals surface area contributed by atoms with E-state index in [2.05, 4.69) is 0 Å². The number of hydrogen-bond donors (Lipinski definition) is 2. The fraction of sp³-hybridized carbons (Fsp3) is 0.724. The number of hydrogen-bond acceptors (Lipinski definition) is 8. The maximum absolute atomic E-state index is 12.8. The predicted octanol–water partition coefficient (Wildman–Crippen LogP) is 3.28. The highest BCUT2D eigenvalue weighted by atomic mass is 16.7. The number of carbonyl (C=O) groups is 2. The van der Waals surface area contributed by atoms with Crippen LogP contribution in [0.5, 0.6) is 0 Å². The van der Waals surface area contributed by atoms with Gasteiger partial charge in [-0.15, -0.1) is 0 Å². The highest BCUT2D eigenvalue weighted by molar-refractivity contribution is 5.91. The monoisotopic (exact) mass is 521 g/mol. The summed E-state index contributed by atoms with van der Waals surface area (Å²) in [5.74, 6) is -1.41. The molecule has 0 aliphatic carbocycles. The van der Waals surface area contributed by atoms with Crippen molar-refractivity contribution in [1.82, 2.24) is 4.90 Å². The summed E-state index contributed by atoms with van der Waals surface area (Å²) in [6.07, 6.45) is 8.95. The largest absolute Gasteiger partial charge is 0.459 e. The van der Waals surface area contributed by atoms with E-state index in [4.69, 9.17) is 14.2 Å². The van der Waals surface area contributed by atoms with Crippen LogP contribution in [0.25, 0.3) is 0 Å². The highest BCUT2D eigenvalue weighted by Crippen LogP contribution is 2.31. The molecule has 1 saturated heterocycles.